The number of alkyl halides is 1. The van der Waals surface area contributed by atoms with Crippen LogP contribution >= 0.6 is 11.6 Å². The number of nitrogens with one attached hydrogen (secondary N) is 1. The van der Waals surface area contributed by atoms with E-state index in [1.54, 1.807) is 49.8 Å². The van der Waals surface area contributed by atoms with E-state index in [4.69, 9.17) is 21.1 Å². The Bertz CT molecular complexity index is 888. The molecule has 3 rings (SSSR count). The minimum absolute atomic E-state index is 0.0890. The first-order chi connectivity index (χ1) is 15.1. The maximum absolute atomic E-state index is 13.5. The monoisotopic (exact) mass is 445 g/mol. The van der Waals surface area contributed by atoms with E-state index in [2.05, 4.69) is 10.3 Å². The number of benzene rings is 1. The Kier molecular flexibility index (Phi) is 8.12. The number of hydrogen-bond acceptors (Lipinski definition) is 5. The van der Waals surface area contributed by atoms with Gasteiger partial charge in [-0.05, 0) is 31.0 Å². The number of aromatic nitrogens is 1. The van der Waals surface area contributed by atoms with E-state index in [9.17, 15) is 9.59 Å². The van der Waals surface area contributed by atoms with Crippen molar-refractivity contribution in [2.75, 3.05) is 25.0 Å². The van der Waals surface area contributed by atoms with Gasteiger partial charge in [0.1, 0.15) is 23.4 Å². The SMILES string of the molecule is COc1ccc(N(C(=O)CCl)[C@H](C(=O)NC2CCCCC2)c2cccnc2)c(OC)c1. The fraction of sp³-hybridized carbons (Fsp3) is 0.435. The zero-order valence-electron chi connectivity index (χ0n) is 17.8. The van der Waals surface area contributed by atoms with Gasteiger partial charge in [-0.15, -0.1) is 11.6 Å². The third-order valence-electron chi connectivity index (χ3n) is 5.49. The Hall–Kier alpha value is -2.80. The lowest BCUT2D eigenvalue weighted by Gasteiger charge is -2.33. The summed E-state index contributed by atoms with van der Waals surface area (Å²) in [5.74, 6) is -0.00232. The molecule has 8 heteroatoms. The molecule has 31 heavy (non-hydrogen) atoms. The highest BCUT2D eigenvalue weighted by Gasteiger charge is 2.35. The summed E-state index contributed by atoms with van der Waals surface area (Å²) in [7, 11) is 3.05. The van der Waals surface area contributed by atoms with Gasteiger partial charge in [0.05, 0.1) is 19.9 Å². The molecule has 1 atom stereocenters. The van der Waals surface area contributed by atoms with E-state index in [0.717, 1.165) is 25.7 Å². The van der Waals surface area contributed by atoms with E-state index in [1.807, 2.05) is 0 Å². The van der Waals surface area contributed by atoms with Crippen LogP contribution in [0, 0.1) is 0 Å². The van der Waals surface area contributed by atoms with E-state index in [0.29, 0.717) is 22.7 Å². The van der Waals surface area contributed by atoms with Crippen LogP contribution < -0.4 is 19.7 Å². The molecule has 2 amide bonds. The van der Waals surface area contributed by atoms with Crippen LogP contribution in [-0.2, 0) is 9.59 Å². The van der Waals surface area contributed by atoms with Crippen LogP contribution in [0.2, 0.25) is 0 Å². The number of ether oxygens (including phenoxy) is 2. The van der Waals surface area contributed by atoms with Gasteiger partial charge in [-0.1, -0.05) is 25.3 Å². The van der Waals surface area contributed by atoms with Gasteiger partial charge in [0.25, 0.3) is 0 Å². The number of hydrogen-bond donors (Lipinski definition) is 1. The molecule has 1 aromatic heterocycles. The molecule has 2 aromatic rings. The number of amides is 2. The summed E-state index contributed by atoms with van der Waals surface area (Å²) in [5.41, 5.74) is 1.02. The predicted molar refractivity (Wildman–Crippen MR) is 120 cm³/mol. The molecular formula is C23H28ClN3O4. The van der Waals surface area contributed by atoms with Gasteiger partial charge in [-0.2, -0.15) is 0 Å². The summed E-state index contributed by atoms with van der Waals surface area (Å²) in [4.78, 5) is 32.1. The highest BCUT2D eigenvalue weighted by Crippen LogP contribution is 2.37. The van der Waals surface area contributed by atoms with Crippen molar-refractivity contribution in [3.8, 4) is 11.5 Å². The molecule has 0 radical (unpaired) electrons. The lowest BCUT2D eigenvalue weighted by molar-refractivity contribution is -0.126. The number of anilines is 1. The van der Waals surface area contributed by atoms with Gasteiger partial charge in [0.15, 0.2) is 0 Å². The first-order valence-electron chi connectivity index (χ1n) is 10.4. The Morgan fingerprint density at radius 2 is 1.97 bits per heavy atom. The lowest BCUT2D eigenvalue weighted by atomic mass is 9.94. The molecule has 0 bridgehead atoms. The van der Waals surface area contributed by atoms with Gasteiger partial charge in [-0.3, -0.25) is 19.5 Å². The van der Waals surface area contributed by atoms with Crippen molar-refractivity contribution in [3.05, 3.63) is 48.3 Å². The summed E-state index contributed by atoms with van der Waals surface area (Å²) < 4.78 is 10.8. The molecule has 1 saturated carbocycles. The minimum atomic E-state index is -0.941. The Morgan fingerprint density at radius 3 is 2.58 bits per heavy atom. The van der Waals surface area contributed by atoms with Crippen LogP contribution in [0.15, 0.2) is 42.7 Å². The smallest absolute Gasteiger partial charge is 0.248 e. The third-order valence-corrected chi connectivity index (χ3v) is 5.72. The second kappa shape index (κ2) is 11.0. The molecule has 7 nitrogen and oxygen atoms in total. The van der Waals surface area contributed by atoms with E-state index < -0.39 is 11.9 Å². The number of methoxy groups -OCH3 is 2. The van der Waals surface area contributed by atoms with Crippen molar-refractivity contribution in [3.63, 3.8) is 0 Å². The largest absolute Gasteiger partial charge is 0.497 e. The van der Waals surface area contributed by atoms with Crippen molar-refractivity contribution in [1.29, 1.82) is 0 Å². The quantitative estimate of drug-likeness (QED) is 0.624. The molecule has 0 saturated heterocycles. The van der Waals surface area contributed by atoms with Crippen LogP contribution in [0.1, 0.15) is 43.7 Å². The van der Waals surface area contributed by atoms with E-state index >= 15 is 0 Å². The summed E-state index contributed by atoms with van der Waals surface area (Å²) >= 11 is 5.97. The zero-order chi connectivity index (χ0) is 22.2. The summed E-state index contributed by atoms with van der Waals surface area (Å²) in [6.07, 6.45) is 8.43. The third kappa shape index (κ3) is 5.47. The number of nitrogens with zero attached hydrogens (tertiary/aromatic N) is 2. The number of halogens is 1. The normalized spacial score (nSPS) is 15.1. The van der Waals surface area contributed by atoms with Crippen molar-refractivity contribution in [1.82, 2.24) is 10.3 Å². The fourth-order valence-electron chi connectivity index (χ4n) is 3.95. The van der Waals surface area contributed by atoms with E-state index in [1.165, 1.54) is 18.4 Å². The number of carbonyl (C=O) groups excluding carboxylic acids is 2. The molecule has 1 aliphatic rings. The Labute approximate surface area is 187 Å². The molecule has 1 fully saturated rings. The van der Waals surface area contributed by atoms with Crippen molar-refractivity contribution < 1.29 is 19.1 Å². The predicted octanol–water partition coefficient (Wildman–Crippen LogP) is 3.86. The molecule has 0 spiro atoms. The standard InChI is InChI=1S/C23H28ClN3O4/c1-30-18-10-11-19(20(13-18)31-2)27(21(28)14-24)22(16-7-6-12-25-15-16)23(29)26-17-8-4-3-5-9-17/h6-7,10-13,15,17,22H,3-5,8-9,14H2,1-2H3,(H,26,29)/t22-/m0/s1. The summed E-state index contributed by atoms with van der Waals surface area (Å²) in [6.45, 7) is 0. The van der Waals surface area contributed by atoms with Crippen LogP contribution in [-0.4, -0.2) is 42.9 Å². The zero-order valence-corrected chi connectivity index (χ0v) is 18.6. The van der Waals surface area contributed by atoms with Crippen molar-refractivity contribution in [2.24, 2.45) is 0 Å². The molecule has 1 aliphatic carbocycles. The molecule has 1 N–H and O–H groups in total. The van der Waals surface area contributed by atoms with Crippen molar-refractivity contribution >= 4 is 29.1 Å². The molecule has 1 heterocycles. The molecule has 166 valence electrons. The van der Waals surface area contributed by atoms with Gasteiger partial charge in [-0.25, -0.2) is 0 Å². The lowest BCUT2D eigenvalue weighted by Crippen LogP contribution is -2.47. The van der Waals surface area contributed by atoms with E-state index in [-0.39, 0.29) is 17.8 Å². The molecule has 0 aliphatic heterocycles. The average Bonchev–Trinajstić information content (AvgIpc) is 2.82. The van der Waals surface area contributed by atoms with Gasteiger partial charge >= 0.3 is 0 Å². The number of pyridine rings is 1. The maximum Gasteiger partial charge on any atom is 0.248 e. The Balaban J connectivity index is 2.06. The first kappa shape index (κ1) is 22.9. The average molecular weight is 446 g/mol. The highest BCUT2D eigenvalue weighted by atomic mass is 35.5. The first-order valence-corrected chi connectivity index (χ1v) is 10.9. The van der Waals surface area contributed by atoms with Crippen molar-refractivity contribution in [2.45, 2.75) is 44.2 Å². The van der Waals surface area contributed by atoms with Crippen LogP contribution in [0.25, 0.3) is 0 Å². The summed E-state index contributed by atoms with van der Waals surface area (Å²) in [6, 6.07) is 7.75. The minimum Gasteiger partial charge on any atom is -0.497 e. The van der Waals surface area contributed by atoms with Crippen LogP contribution in [0.5, 0.6) is 11.5 Å². The second-order valence-electron chi connectivity index (χ2n) is 7.47. The number of rotatable bonds is 8. The molecule has 1 aromatic carbocycles. The van der Waals surface area contributed by atoms with Crippen LogP contribution in [0.3, 0.4) is 0 Å². The Morgan fingerprint density at radius 1 is 1.19 bits per heavy atom. The fourth-order valence-corrected chi connectivity index (χ4v) is 4.08. The topological polar surface area (TPSA) is 80.8 Å². The van der Waals surface area contributed by atoms with Gasteiger partial charge in [0, 0.05) is 30.1 Å². The number of carbonyl (C=O) groups is 2. The molecule has 0 unspecified atom stereocenters. The van der Waals surface area contributed by atoms with Crippen LogP contribution in [0.4, 0.5) is 5.69 Å². The van der Waals surface area contributed by atoms with Gasteiger partial charge < -0.3 is 14.8 Å². The van der Waals surface area contributed by atoms with Gasteiger partial charge in [0.2, 0.25) is 11.8 Å². The summed E-state index contributed by atoms with van der Waals surface area (Å²) in [5, 5.41) is 3.14. The second-order valence-corrected chi connectivity index (χ2v) is 7.73. The highest BCUT2D eigenvalue weighted by molar-refractivity contribution is 6.30. The maximum atomic E-state index is 13.5. The molecular weight excluding hydrogens is 418 g/mol.